The molecular formula is C14H21NO5S. The number of hydrogen-bond donors (Lipinski definition) is 1. The maximum atomic E-state index is 12.8. The first-order chi connectivity index (χ1) is 9.98. The lowest BCUT2D eigenvalue weighted by atomic mass is 10.2. The third kappa shape index (κ3) is 3.55. The number of hydrogen-bond acceptors (Lipinski definition) is 5. The van der Waals surface area contributed by atoms with Gasteiger partial charge in [-0.2, -0.15) is 4.31 Å². The van der Waals surface area contributed by atoms with Crippen LogP contribution in [0.2, 0.25) is 0 Å². The Labute approximate surface area is 125 Å². The van der Waals surface area contributed by atoms with E-state index in [0.29, 0.717) is 31.7 Å². The average molecular weight is 315 g/mol. The number of nitrogens with zero attached hydrogens (tertiary/aromatic N) is 1. The van der Waals surface area contributed by atoms with Gasteiger partial charge in [0.1, 0.15) is 10.6 Å². The molecule has 0 aliphatic carbocycles. The van der Waals surface area contributed by atoms with E-state index >= 15 is 0 Å². The summed E-state index contributed by atoms with van der Waals surface area (Å²) in [4.78, 5) is 0.0886. The van der Waals surface area contributed by atoms with Crippen molar-refractivity contribution in [3.05, 3.63) is 23.8 Å². The minimum absolute atomic E-state index is 0.0886. The summed E-state index contributed by atoms with van der Waals surface area (Å²) in [5, 5.41) is 9.22. The first-order valence-corrected chi connectivity index (χ1v) is 8.32. The maximum Gasteiger partial charge on any atom is 0.246 e. The zero-order valence-corrected chi connectivity index (χ0v) is 13.1. The van der Waals surface area contributed by atoms with Gasteiger partial charge in [0.15, 0.2) is 0 Å². The number of methoxy groups -OCH3 is 1. The van der Waals surface area contributed by atoms with E-state index in [4.69, 9.17) is 9.47 Å². The van der Waals surface area contributed by atoms with Crippen LogP contribution in [0.5, 0.6) is 5.75 Å². The summed E-state index contributed by atoms with van der Waals surface area (Å²) in [7, 11) is -2.24. The standard InChI is InChI=1S/C14H21NO5S/c1-11-9-15(6-3-7-20-11)21(17,18)14-8-12(10-16)4-5-13(14)19-2/h4-5,8,11,16H,3,6-7,9-10H2,1-2H3. The van der Waals surface area contributed by atoms with Crippen LogP contribution in [0.3, 0.4) is 0 Å². The Kier molecular flexibility index (Phi) is 5.21. The Balaban J connectivity index is 2.42. The molecule has 1 N–H and O–H groups in total. The number of benzene rings is 1. The highest BCUT2D eigenvalue weighted by Gasteiger charge is 2.30. The molecule has 0 amide bonds. The molecule has 1 heterocycles. The van der Waals surface area contributed by atoms with Gasteiger partial charge in [-0.05, 0) is 31.0 Å². The molecule has 0 saturated carbocycles. The molecule has 6 nitrogen and oxygen atoms in total. The Bertz CT molecular complexity index is 587. The van der Waals surface area contributed by atoms with Crippen LogP contribution in [0.25, 0.3) is 0 Å². The van der Waals surface area contributed by atoms with Crippen molar-refractivity contribution in [3.63, 3.8) is 0 Å². The topological polar surface area (TPSA) is 76.1 Å². The second kappa shape index (κ2) is 6.74. The summed E-state index contributed by atoms with van der Waals surface area (Å²) in [6.07, 6.45) is 0.514. The fraction of sp³-hybridized carbons (Fsp3) is 0.571. The highest BCUT2D eigenvalue weighted by molar-refractivity contribution is 7.89. The van der Waals surface area contributed by atoms with Gasteiger partial charge < -0.3 is 14.6 Å². The summed E-state index contributed by atoms with van der Waals surface area (Å²) in [6.45, 7) is 2.93. The summed E-state index contributed by atoms with van der Waals surface area (Å²) >= 11 is 0. The van der Waals surface area contributed by atoms with Gasteiger partial charge in [-0.1, -0.05) is 6.07 Å². The molecule has 1 aromatic rings. The van der Waals surface area contributed by atoms with Crippen molar-refractivity contribution < 1.29 is 23.0 Å². The largest absolute Gasteiger partial charge is 0.495 e. The second-order valence-corrected chi connectivity index (χ2v) is 6.95. The van der Waals surface area contributed by atoms with Gasteiger partial charge in [-0.3, -0.25) is 0 Å². The number of sulfonamides is 1. The van der Waals surface area contributed by atoms with E-state index in [2.05, 4.69) is 0 Å². The van der Waals surface area contributed by atoms with Gasteiger partial charge in [0.05, 0.1) is 19.8 Å². The van der Waals surface area contributed by atoms with Crippen LogP contribution >= 0.6 is 0 Å². The van der Waals surface area contributed by atoms with Gasteiger partial charge in [0, 0.05) is 19.7 Å². The molecule has 1 aliphatic rings. The SMILES string of the molecule is COc1ccc(CO)cc1S(=O)(=O)N1CCCOC(C)C1. The van der Waals surface area contributed by atoms with Gasteiger partial charge in [-0.15, -0.1) is 0 Å². The third-order valence-corrected chi connectivity index (χ3v) is 5.33. The third-order valence-electron chi connectivity index (χ3n) is 3.44. The van der Waals surface area contributed by atoms with E-state index in [1.54, 1.807) is 12.1 Å². The molecule has 1 aliphatic heterocycles. The molecule has 1 unspecified atom stereocenters. The maximum absolute atomic E-state index is 12.8. The highest BCUT2D eigenvalue weighted by Crippen LogP contribution is 2.29. The minimum Gasteiger partial charge on any atom is -0.495 e. The molecule has 1 saturated heterocycles. The number of ether oxygens (including phenoxy) is 2. The van der Waals surface area contributed by atoms with Crippen molar-refractivity contribution >= 4 is 10.0 Å². The molecule has 0 aromatic heterocycles. The van der Waals surface area contributed by atoms with Crippen LogP contribution in [-0.4, -0.2) is 50.7 Å². The van der Waals surface area contributed by atoms with Crippen LogP contribution in [0.4, 0.5) is 0 Å². The van der Waals surface area contributed by atoms with Crippen molar-refractivity contribution in [1.29, 1.82) is 0 Å². The van der Waals surface area contributed by atoms with Gasteiger partial charge in [0.2, 0.25) is 10.0 Å². The zero-order valence-electron chi connectivity index (χ0n) is 12.3. The predicted molar refractivity (Wildman–Crippen MR) is 77.7 cm³/mol. The van der Waals surface area contributed by atoms with Crippen LogP contribution in [0.15, 0.2) is 23.1 Å². The lowest BCUT2D eigenvalue weighted by Crippen LogP contribution is -2.36. The molecular weight excluding hydrogens is 294 g/mol. The smallest absolute Gasteiger partial charge is 0.246 e. The molecule has 1 aromatic carbocycles. The molecule has 0 spiro atoms. The Morgan fingerprint density at radius 3 is 2.90 bits per heavy atom. The van der Waals surface area contributed by atoms with Crippen molar-refractivity contribution in [2.75, 3.05) is 26.8 Å². The van der Waals surface area contributed by atoms with Crippen molar-refractivity contribution in [2.24, 2.45) is 0 Å². The molecule has 0 radical (unpaired) electrons. The molecule has 2 rings (SSSR count). The number of rotatable bonds is 4. The predicted octanol–water partition coefficient (Wildman–Crippen LogP) is 0.987. The zero-order chi connectivity index (χ0) is 15.5. The lowest BCUT2D eigenvalue weighted by molar-refractivity contribution is 0.0752. The van der Waals surface area contributed by atoms with Crippen LogP contribution in [0, 0.1) is 0 Å². The van der Waals surface area contributed by atoms with Crippen LogP contribution < -0.4 is 4.74 Å². The summed E-state index contributed by atoms with van der Waals surface area (Å²) in [5.74, 6) is 0.282. The van der Waals surface area contributed by atoms with Crippen molar-refractivity contribution in [3.8, 4) is 5.75 Å². The van der Waals surface area contributed by atoms with E-state index in [0.717, 1.165) is 0 Å². The average Bonchev–Trinajstić information content (AvgIpc) is 2.71. The van der Waals surface area contributed by atoms with Crippen molar-refractivity contribution in [2.45, 2.75) is 31.0 Å². The Morgan fingerprint density at radius 1 is 1.48 bits per heavy atom. The molecule has 7 heteroatoms. The Morgan fingerprint density at radius 2 is 2.24 bits per heavy atom. The van der Waals surface area contributed by atoms with Crippen LogP contribution in [0.1, 0.15) is 18.9 Å². The molecule has 21 heavy (non-hydrogen) atoms. The molecule has 1 atom stereocenters. The van der Waals surface area contributed by atoms with E-state index in [9.17, 15) is 13.5 Å². The lowest BCUT2D eigenvalue weighted by Gasteiger charge is -2.23. The van der Waals surface area contributed by atoms with Gasteiger partial charge >= 0.3 is 0 Å². The second-order valence-electron chi connectivity index (χ2n) is 5.04. The van der Waals surface area contributed by atoms with E-state index in [-0.39, 0.29) is 23.4 Å². The van der Waals surface area contributed by atoms with E-state index in [1.807, 2.05) is 6.92 Å². The van der Waals surface area contributed by atoms with E-state index in [1.165, 1.54) is 17.5 Å². The summed E-state index contributed by atoms with van der Waals surface area (Å²) in [6, 6.07) is 4.67. The van der Waals surface area contributed by atoms with Gasteiger partial charge in [0.25, 0.3) is 0 Å². The Hall–Kier alpha value is -1.15. The summed E-state index contributed by atoms with van der Waals surface area (Å²) < 4.78 is 37.8. The fourth-order valence-electron chi connectivity index (χ4n) is 2.33. The van der Waals surface area contributed by atoms with Crippen molar-refractivity contribution in [1.82, 2.24) is 4.31 Å². The molecule has 118 valence electrons. The fourth-order valence-corrected chi connectivity index (χ4v) is 4.09. The molecule has 1 fully saturated rings. The minimum atomic E-state index is -3.68. The monoisotopic (exact) mass is 315 g/mol. The normalized spacial score (nSPS) is 21.0. The molecule has 0 bridgehead atoms. The first kappa shape index (κ1) is 16.2. The van der Waals surface area contributed by atoms with Crippen LogP contribution in [-0.2, 0) is 21.4 Å². The summed E-state index contributed by atoms with van der Waals surface area (Å²) in [5.41, 5.74) is 0.536. The number of aliphatic hydroxyl groups excluding tert-OH is 1. The van der Waals surface area contributed by atoms with E-state index < -0.39 is 10.0 Å². The first-order valence-electron chi connectivity index (χ1n) is 6.88. The number of aliphatic hydroxyl groups is 1. The highest BCUT2D eigenvalue weighted by atomic mass is 32.2. The quantitative estimate of drug-likeness (QED) is 0.896. The van der Waals surface area contributed by atoms with Gasteiger partial charge in [-0.25, -0.2) is 8.42 Å².